The fourth-order valence-corrected chi connectivity index (χ4v) is 2.18. The molecule has 2 aromatic heterocycles. The maximum absolute atomic E-state index is 5.94. The highest BCUT2D eigenvalue weighted by Crippen LogP contribution is 2.31. The molecule has 0 unspecified atom stereocenters. The molecule has 0 amide bonds. The van der Waals surface area contributed by atoms with Crippen LogP contribution in [0.15, 0.2) is 12.4 Å². The summed E-state index contributed by atoms with van der Waals surface area (Å²) in [7, 11) is 1.83. The minimum atomic E-state index is 0.535. The van der Waals surface area contributed by atoms with Gasteiger partial charge >= 0.3 is 0 Å². The predicted octanol–water partition coefficient (Wildman–Crippen LogP) is 1.78. The number of nitrogen functional groups attached to an aromatic ring is 1. The maximum atomic E-state index is 5.94. The lowest BCUT2D eigenvalue weighted by Gasteiger charge is -1.96. The summed E-state index contributed by atoms with van der Waals surface area (Å²) in [6.07, 6.45) is 3.30. The van der Waals surface area contributed by atoms with Crippen LogP contribution in [0.1, 0.15) is 0 Å². The van der Waals surface area contributed by atoms with Crippen molar-refractivity contribution in [3.05, 3.63) is 17.4 Å². The van der Waals surface area contributed by atoms with Crippen LogP contribution in [-0.2, 0) is 7.05 Å². The van der Waals surface area contributed by atoms with Gasteiger partial charge < -0.3 is 5.73 Å². The van der Waals surface area contributed by atoms with Gasteiger partial charge in [-0.3, -0.25) is 4.68 Å². The number of anilines is 1. The highest BCUT2D eigenvalue weighted by Gasteiger charge is 2.11. The van der Waals surface area contributed by atoms with E-state index >= 15 is 0 Å². The van der Waals surface area contributed by atoms with Crippen LogP contribution in [0, 0.1) is 0 Å². The number of aromatic nitrogens is 3. The van der Waals surface area contributed by atoms with Gasteiger partial charge in [0.15, 0.2) is 5.13 Å². The monoisotopic (exact) mass is 214 g/mol. The summed E-state index contributed by atoms with van der Waals surface area (Å²) in [5.74, 6) is 0. The normalized spacial score (nSPS) is 10.6. The average Bonchev–Trinajstić information content (AvgIpc) is 2.60. The molecule has 0 radical (unpaired) electrons. The molecule has 0 aliphatic heterocycles. The molecule has 0 aliphatic rings. The summed E-state index contributed by atoms with van der Waals surface area (Å²) in [6, 6.07) is 0. The summed E-state index contributed by atoms with van der Waals surface area (Å²) in [5.41, 5.74) is 6.38. The van der Waals surface area contributed by atoms with E-state index in [9.17, 15) is 0 Å². The summed E-state index contributed by atoms with van der Waals surface area (Å²) in [6.45, 7) is 0. The van der Waals surface area contributed by atoms with Crippen LogP contribution in [0.3, 0.4) is 0 Å². The third-order valence-corrected chi connectivity index (χ3v) is 2.76. The van der Waals surface area contributed by atoms with Crippen LogP contribution in [0.5, 0.6) is 0 Å². The van der Waals surface area contributed by atoms with Crippen molar-refractivity contribution >= 4 is 28.1 Å². The van der Waals surface area contributed by atoms with E-state index in [1.54, 1.807) is 17.1 Å². The molecule has 2 N–H and O–H groups in total. The zero-order chi connectivity index (χ0) is 9.42. The number of hydrogen-bond donors (Lipinski definition) is 1. The first-order valence-corrected chi connectivity index (χ1v) is 4.77. The molecule has 0 bridgehead atoms. The van der Waals surface area contributed by atoms with Gasteiger partial charge in [-0.05, 0) is 0 Å². The van der Waals surface area contributed by atoms with E-state index in [2.05, 4.69) is 10.1 Å². The number of nitrogens with two attached hydrogens (primary N) is 1. The Bertz CT molecular complexity index is 414. The van der Waals surface area contributed by atoms with Gasteiger partial charge in [-0.15, -0.1) is 0 Å². The predicted molar refractivity (Wildman–Crippen MR) is 53.7 cm³/mol. The topological polar surface area (TPSA) is 56.7 Å². The van der Waals surface area contributed by atoms with Gasteiger partial charge in [-0.2, -0.15) is 5.10 Å². The van der Waals surface area contributed by atoms with Crippen molar-refractivity contribution in [2.45, 2.75) is 0 Å². The van der Waals surface area contributed by atoms with Gasteiger partial charge in [-0.1, -0.05) is 22.9 Å². The van der Waals surface area contributed by atoms with E-state index in [4.69, 9.17) is 17.3 Å². The molecule has 4 nitrogen and oxygen atoms in total. The Labute approximate surface area is 84.0 Å². The smallest absolute Gasteiger partial charge is 0.180 e. The van der Waals surface area contributed by atoms with Crippen molar-refractivity contribution in [1.82, 2.24) is 14.8 Å². The van der Waals surface area contributed by atoms with Gasteiger partial charge in [0.1, 0.15) is 0 Å². The molecule has 0 saturated heterocycles. The average molecular weight is 215 g/mol. The van der Waals surface area contributed by atoms with Crippen LogP contribution in [0.25, 0.3) is 10.6 Å². The highest BCUT2D eigenvalue weighted by atomic mass is 35.5. The summed E-state index contributed by atoms with van der Waals surface area (Å²) in [5, 5.41) is 5.18. The second-order valence-electron chi connectivity index (χ2n) is 2.53. The maximum Gasteiger partial charge on any atom is 0.180 e. The van der Waals surface area contributed by atoms with Gasteiger partial charge in [0.05, 0.1) is 21.8 Å². The van der Waals surface area contributed by atoms with Crippen LogP contribution < -0.4 is 5.73 Å². The summed E-state index contributed by atoms with van der Waals surface area (Å²) >= 11 is 7.34. The van der Waals surface area contributed by atoms with Gasteiger partial charge in [-0.25, -0.2) is 4.98 Å². The Hall–Kier alpha value is -1.07. The zero-order valence-corrected chi connectivity index (χ0v) is 8.43. The Balaban J connectivity index is 2.57. The number of hydrogen-bond acceptors (Lipinski definition) is 4. The Morgan fingerprint density at radius 2 is 2.31 bits per heavy atom. The van der Waals surface area contributed by atoms with Crippen LogP contribution in [0.4, 0.5) is 5.13 Å². The van der Waals surface area contributed by atoms with Crippen molar-refractivity contribution in [3.8, 4) is 10.6 Å². The lowest BCUT2D eigenvalue weighted by atomic mass is 10.4. The quantitative estimate of drug-likeness (QED) is 0.787. The SMILES string of the molecule is Cn1ncc(Cl)c1-c1cnc(N)s1. The molecular weight excluding hydrogens is 208 g/mol. The lowest BCUT2D eigenvalue weighted by molar-refractivity contribution is 0.777. The molecule has 0 saturated carbocycles. The third-order valence-electron chi connectivity index (χ3n) is 1.65. The van der Waals surface area contributed by atoms with Crippen molar-refractivity contribution in [1.29, 1.82) is 0 Å². The van der Waals surface area contributed by atoms with Gasteiger partial charge in [0, 0.05) is 13.2 Å². The zero-order valence-electron chi connectivity index (χ0n) is 6.86. The number of aryl methyl sites for hydroxylation is 1. The largest absolute Gasteiger partial charge is 0.375 e. The first-order chi connectivity index (χ1) is 6.18. The Kier molecular flexibility index (Phi) is 1.97. The van der Waals surface area contributed by atoms with Crippen molar-refractivity contribution in [2.75, 3.05) is 5.73 Å². The third kappa shape index (κ3) is 1.40. The van der Waals surface area contributed by atoms with Crippen molar-refractivity contribution in [2.24, 2.45) is 7.05 Å². The first-order valence-electron chi connectivity index (χ1n) is 3.57. The number of halogens is 1. The summed E-state index contributed by atoms with van der Waals surface area (Å²) in [4.78, 5) is 4.88. The molecule has 2 aromatic rings. The van der Waals surface area contributed by atoms with Gasteiger partial charge in [0.25, 0.3) is 0 Å². The first kappa shape index (κ1) is 8.52. The standard InChI is InChI=1S/C7H7ClN4S/c1-12-6(4(8)2-11-12)5-3-10-7(9)13-5/h2-3H,1H3,(H2,9,10). The fraction of sp³-hybridized carbons (Fsp3) is 0.143. The molecule has 0 aliphatic carbocycles. The van der Waals surface area contributed by atoms with E-state index in [-0.39, 0.29) is 0 Å². The second-order valence-corrected chi connectivity index (χ2v) is 4.00. The second kappa shape index (κ2) is 3.01. The van der Waals surface area contributed by atoms with Crippen LogP contribution in [0.2, 0.25) is 5.02 Å². The van der Waals surface area contributed by atoms with Gasteiger partial charge in [0.2, 0.25) is 0 Å². The number of nitrogens with zero attached hydrogens (tertiary/aromatic N) is 3. The van der Waals surface area contributed by atoms with E-state index in [1.165, 1.54) is 11.3 Å². The molecule has 0 spiro atoms. The van der Waals surface area contributed by atoms with Crippen LogP contribution >= 0.6 is 22.9 Å². The number of thiazole rings is 1. The number of rotatable bonds is 1. The van der Waals surface area contributed by atoms with E-state index in [0.717, 1.165) is 10.6 Å². The van der Waals surface area contributed by atoms with Crippen LogP contribution in [-0.4, -0.2) is 14.8 Å². The molecular formula is C7H7ClN4S. The lowest BCUT2D eigenvalue weighted by Crippen LogP contribution is -1.91. The van der Waals surface area contributed by atoms with Crippen molar-refractivity contribution < 1.29 is 0 Å². The minimum absolute atomic E-state index is 0.535. The highest BCUT2D eigenvalue weighted by molar-refractivity contribution is 7.18. The molecule has 0 atom stereocenters. The Morgan fingerprint density at radius 3 is 2.77 bits per heavy atom. The van der Waals surface area contributed by atoms with E-state index < -0.39 is 0 Å². The molecule has 2 rings (SSSR count). The molecule has 13 heavy (non-hydrogen) atoms. The van der Waals surface area contributed by atoms with E-state index in [1.807, 2.05) is 7.05 Å². The fourth-order valence-electron chi connectivity index (χ4n) is 1.08. The molecule has 6 heteroatoms. The van der Waals surface area contributed by atoms with E-state index in [0.29, 0.717) is 10.2 Å². The molecule has 2 heterocycles. The molecule has 0 fully saturated rings. The van der Waals surface area contributed by atoms with Crippen molar-refractivity contribution in [3.63, 3.8) is 0 Å². The molecule has 0 aromatic carbocycles. The summed E-state index contributed by atoms with van der Waals surface area (Å²) < 4.78 is 1.70. The molecule has 68 valence electrons. The minimum Gasteiger partial charge on any atom is -0.375 e. The Morgan fingerprint density at radius 1 is 1.54 bits per heavy atom.